The molecule has 1 atom stereocenters. The van der Waals surface area contributed by atoms with Gasteiger partial charge in [0.2, 0.25) is 5.60 Å². The van der Waals surface area contributed by atoms with Gasteiger partial charge in [-0.05, 0) is 0 Å². The Morgan fingerprint density at radius 1 is 1.90 bits per heavy atom. The van der Waals surface area contributed by atoms with Crippen LogP contribution in [0, 0.1) is 12.3 Å². The van der Waals surface area contributed by atoms with Crippen LogP contribution in [-0.2, 0) is 4.79 Å². The van der Waals surface area contributed by atoms with Gasteiger partial charge >= 0.3 is 0 Å². The number of carbonyl (C=O) groups is 1. The molecule has 1 aliphatic heterocycles. The zero-order valence-corrected chi connectivity index (χ0v) is 5.79. The van der Waals surface area contributed by atoms with Crippen molar-refractivity contribution in [3.63, 3.8) is 0 Å². The second kappa shape index (κ2) is 1.99. The van der Waals surface area contributed by atoms with Crippen molar-refractivity contribution in [2.45, 2.75) is 12.0 Å². The molecule has 1 amide bonds. The van der Waals surface area contributed by atoms with Crippen LogP contribution >= 0.6 is 0 Å². The lowest BCUT2D eigenvalue weighted by Crippen LogP contribution is -2.36. The van der Waals surface area contributed by atoms with E-state index in [4.69, 9.17) is 6.42 Å². The number of amides is 1. The highest BCUT2D eigenvalue weighted by Crippen LogP contribution is 2.19. The molecule has 3 nitrogen and oxygen atoms in total. The van der Waals surface area contributed by atoms with Crippen molar-refractivity contribution in [2.24, 2.45) is 0 Å². The average Bonchev–Trinajstić information content (AvgIpc) is 2.19. The lowest BCUT2D eigenvalue weighted by molar-refractivity contribution is -0.137. The van der Waals surface area contributed by atoms with Crippen LogP contribution in [0.5, 0.6) is 0 Å². The third-order valence-corrected chi connectivity index (χ3v) is 1.75. The third kappa shape index (κ3) is 0.775. The van der Waals surface area contributed by atoms with Crippen LogP contribution in [0.15, 0.2) is 0 Å². The quantitative estimate of drug-likeness (QED) is 0.447. The summed E-state index contributed by atoms with van der Waals surface area (Å²) in [7, 11) is 1.62. The smallest absolute Gasteiger partial charge is 0.267 e. The number of hydrogen-bond donors (Lipinski definition) is 1. The summed E-state index contributed by atoms with van der Waals surface area (Å²) in [6, 6.07) is 0. The maximum Gasteiger partial charge on any atom is 0.267 e. The van der Waals surface area contributed by atoms with E-state index in [1.165, 1.54) is 4.90 Å². The lowest BCUT2D eigenvalue weighted by Gasteiger charge is -2.12. The maximum absolute atomic E-state index is 11.0. The first-order valence-electron chi connectivity index (χ1n) is 3.06. The van der Waals surface area contributed by atoms with Crippen LogP contribution < -0.4 is 0 Å². The molecule has 0 aromatic carbocycles. The molecule has 0 aliphatic carbocycles. The van der Waals surface area contributed by atoms with Gasteiger partial charge in [0.25, 0.3) is 5.91 Å². The lowest BCUT2D eigenvalue weighted by atomic mass is 10.1. The van der Waals surface area contributed by atoms with Crippen LogP contribution in [0.1, 0.15) is 6.42 Å². The second-order valence-electron chi connectivity index (χ2n) is 2.48. The van der Waals surface area contributed by atoms with Gasteiger partial charge in [-0.2, -0.15) is 0 Å². The minimum Gasteiger partial charge on any atom is -0.369 e. The van der Waals surface area contributed by atoms with Gasteiger partial charge in [-0.3, -0.25) is 4.79 Å². The van der Waals surface area contributed by atoms with E-state index in [1.807, 2.05) is 0 Å². The van der Waals surface area contributed by atoms with Gasteiger partial charge in [-0.15, -0.1) is 6.42 Å². The van der Waals surface area contributed by atoms with E-state index in [0.717, 1.165) is 0 Å². The molecule has 1 fully saturated rings. The minimum atomic E-state index is -1.52. The average molecular weight is 139 g/mol. The number of likely N-dealkylation sites (N-methyl/N-ethyl adjacent to an activating group) is 1. The molecule has 0 saturated carbocycles. The first-order chi connectivity index (χ1) is 4.60. The normalized spacial score (nSPS) is 32.5. The summed E-state index contributed by atoms with van der Waals surface area (Å²) in [6.45, 7) is 0.541. The fourth-order valence-corrected chi connectivity index (χ4v) is 0.988. The summed E-state index contributed by atoms with van der Waals surface area (Å²) < 4.78 is 0. The Labute approximate surface area is 59.6 Å². The topological polar surface area (TPSA) is 40.5 Å². The highest BCUT2D eigenvalue weighted by atomic mass is 16.3. The molecule has 54 valence electrons. The highest BCUT2D eigenvalue weighted by molar-refractivity contribution is 5.90. The first-order valence-corrected chi connectivity index (χ1v) is 3.06. The van der Waals surface area contributed by atoms with Crippen LogP contribution in [-0.4, -0.2) is 35.1 Å². The van der Waals surface area contributed by atoms with Crippen molar-refractivity contribution in [3.05, 3.63) is 0 Å². The summed E-state index contributed by atoms with van der Waals surface area (Å²) in [4.78, 5) is 12.4. The standard InChI is InChI=1S/C7H9NO2/c1-3-7(10)4-5-8(2)6(7)9/h1,10H,4-5H2,2H3/t7-/m0/s1. The number of rotatable bonds is 0. The molecule has 10 heavy (non-hydrogen) atoms. The van der Waals surface area contributed by atoms with Crippen molar-refractivity contribution >= 4 is 5.91 Å². The van der Waals surface area contributed by atoms with Gasteiger partial charge in [0.1, 0.15) is 0 Å². The fraction of sp³-hybridized carbons (Fsp3) is 0.571. The van der Waals surface area contributed by atoms with Gasteiger partial charge in [0, 0.05) is 20.0 Å². The molecule has 0 aromatic rings. The largest absolute Gasteiger partial charge is 0.369 e. The molecule has 0 unspecified atom stereocenters. The van der Waals surface area contributed by atoms with E-state index in [1.54, 1.807) is 7.05 Å². The van der Waals surface area contributed by atoms with Crippen molar-refractivity contribution in [1.29, 1.82) is 0 Å². The Hall–Kier alpha value is -1.01. The molecule has 1 heterocycles. The molecule has 0 bridgehead atoms. The van der Waals surface area contributed by atoms with Crippen LogP contribution in [0.2, 0.25) is 0 Å². The van der Waals surface area contributed by atoms with Gasteiger partial charge < -0.3 is 10.0 Å². The van der Waals surface area contributed by atoms with Crippen LogP contribution in [0.25, 0.3) is 0 Å². The summed E-state index contributed by atoms with van der Waals surface area (Å²) in [6.07, 6.45) is 5.32. The molecule has 3 heteroatoms. The van der Waals surface area contributed by atoms with Crippen LogP contribution in [0.3, 0.4) is 0 Å². The molecule has 1 rings (SSSR count). The molecule has 1 saturated heterocycles. The van der Waals surface area contributed by atoms with Gasteiger partial charge in [0.05, 0.1) is 0 Å². The highest BCUT2D eigenvalue weighted by Gasteiger charge is 2.41. The number of carbonyl (C=O) groups excluding carboxylic acids is 1. The minimum absolute atomic E-state index is 0.346. The Morgan fingerprint density at radius 2 is 2.50 bits per heavy atom. The van der Waals surface area contributed by atoms with E-state index in [0.29, 0.717) is 13.0 Å². The number of hydrogen-bond acceptors (Lipinski definition) is 2. The van der Waals surface area contributed by atoms with E-state index in [9.17, 15) is 9.90 Å². The Balaban J connectivity index is 2.86. The Bertz CT molecular complexity index is 206. The SMILES string of the molecule is C#C[C@]1(O)CCN(C)C1=O. The molecule has 1 aliphatic rings. The van der Waals surface area contributed by atoms with E-state index < -0.39 is 5.60 Å². The summed E-state index contributed by atoms with van der Waals surface area (Å²) in [5.74, 6) is 1.72. The molecule has 0 spiro atoms. The van der Waals surface area contributed by atoms with Crippen molar-refractivity contribution in [3.8, 4) is 12.3 Å². The number of likely N-dealkylation sites (tertiary alicyclic amines) is 1. The van der Waals surface area contributed by atoms with E-state index in [2.05, 4.69) is 5.92 Å². The van der Waals surface area contributed by atoms with Crippen molar-refractivity contribution in [2.75, 3.05) is 13.6 Å². The predicted molar refractivity (Wildman–Crippen MR) is 36.0 cm³/mol. The zero-order valence-electron chi connectivity index (χ0n) is 5.79. The zero-order chi connectivity index (χ0) is 7.78. The number of nitrogens with zero attached hydrogens (tertiary/aromatic N) is 1. The second-order valence-corrected chi connectivity index (χ2v) is 2.48. The van der Waals surface area contributed by atoms with E-state index in [-0.39, 0.29) is 5.91 Å². The summed E-state index contributed by atoms with van der Waals surface area (Å²) >= 11 is 0. The monoisotopic (exact) mass is 139 g/mol. The van der Waals surface area contributed by atoms with Gasteiger partial charge in [0.15, 0.2) is 0 Å². The molecule has 0 aromatic heterocycles. The van der Waals surface area contributed by atoms with Gasteiger partial charge in [-0.1, -0.05) is 5.92 Å². The molecule has 1 N–H and O–H groups in total. The number of aliphatic hydroxyl groups is 1. The Kier molecular flexibility index (Phi) is 1.42. The van der Waals surface area contributed by atoms with Crippen molar-refractivity contribution < 1.29 is 9.90 Å². The third-order valence-electron chi connectivity index (χ3n) is 1.75. The maximum atomic E-state index is 11.0. The molecular formula is C7H9NO2. The van der Waals surface area contributed by atoms with Crippen molar-refractivity contribution in [1.82, 2.24) is 4.90 Å². The molecular weight excluding hydrogens is 130 g/mol. The Morgan fingerprint density at radius 3 is 2.70 bits per heavy atom. The predicted octanol–water partition coefficient (Wildman–Crippen LogP) is -0.787. The van der Waals surface area contributed by atoms with Gasteiger partial charge in [-0.25, -0.2) is 0 Å². The number of terminal acetylenes is 1. The summed E-state index contributed by atoms with van der Waals surface area (Å²) in [5.41, 5.74) is -1.52. The van der Waals surface area contributed by atoms with E-state index >= 15 is 0 Å². The summed E-state index contributed by atoms with van der Waals surface area (Å²) in [5, 5.41) is 9.31. The van der Waals surface area contributed by atoms with Crippen LogP contribution in [0.4, 0.5) is 0 Å². The first kappa shape index (κ1) is 7.10. The fourth-order valence-electron chi connectivity index (χ4n) is 0.988. The molecule has 0 radical (unpaired) electrons.